The van der Waals surface area contributed by atoms with Crippen LogP contribution in [-0.4, -0.2) is 49.7 Å². The molecule has 226 valence electrons. The lowest BCUT2D eigenvalue weighted by molar-refractivity contribution is 0.288. The SMILES string of the molecule is Cc1ccnc(Oc2ccc(-c3c(-c4cnc(C#C[Si](C)(C)C(C)(C)C)cc4CCCO)[nH]c4ncnc(N)c34)cc2F)n1. The number of nitrogens with two attached hydrogens (primary N) is 1. The maximum atomic E-state index is 15.5. The number of aliphatic hydroxyl groups is 1. The first kappa shape index (κ1) is 30.8. The monoisotopic (exact) mass is 609 g/mol. The molecule has 9 nitrogen and oxygen atoms in total. The van der Waals surface area contributed by atoms with Crippen molar-refractivity contribution < 1.29 is 14.2 Å². The Labute approximate surface area is 257 Å². The zero-order valence-electron chi connectivity index (χ0n) is 25.8. The number of anilines is 1. The van der Waals surface area contributed by atoms with Gasteiger partial charge >= 0.3 is 6.01 Å². The van der Waals surface area contributed by atoms with Gasteiger partial charge in [-0.1, -0.05) is 45.9 Å². The molecule has 44 heavy (non-hydrogen) atoms. The van der Waals surface area contributed by atoms with E-state index < -0.39 is 13.9 Å². The van der Waals surface area contributed by atoms with Gasteiger partial charge in [0.2, 0.25) is 0 Å². The van der Waals surface area contributed by atoms with Crippen molar-refractivity contribution in [1.29, 1.82) is 0 Å². The summed E-state index contributed by atoms with van der Waals surface area (Å²) in [6, 6.07) is 8.40. The van der Waals surface area contributed by atoms with E-state index in [1.54, 1.807) is 31.5 Å². The Hall–Kier alpha value is -4.66. The van der Waals surface area contributed by atoms with Crippen LogP contribution in [0.4, 0.5) is 10.2 Å². The van der Waals surface area contributed by atoms with E-state index in [-0.39, 0.29) is 29.2 Å². The van der Waals surface area contributed by atoms with Crippen LogP contribution in [0.3, 0.4) is 0 Å². The molecule has 1 aromatic carbocycles. The first-order chi connectivity index (χ1) is 20.9. The lowest BCUT2D eigenvalue weighted by Gasteiger charge is -2.31. The van der Waals surface area contributed by atoms with Crippen LogP contribution in [0.2, 0.25) is 18.1 Å². The van der Waals surface area contributed by atoms with Crippen LogP contribution >= 0.6 is 0 Å². The predicted octanol–water partition coefficient (Wildman–Crippen LogP) is 6.62. The molecule has 4 aromatic heterocycles. The van der Waals surface area contributed by atoms with E-state index in [9.17, 15) is 5.11 Å². The van der Waals surface area contributed by atoms with E-state index in [0.717, 1.165) is 11.1 Å². The normalized spacial score (nSPS) is 11.8. The quantitative estimate of drug-likeness (QED) is 0.138. The maximum absolute atomic E-state index is 15.5. The highest BCUT2D eigenvalue weighted by Gasteiger charge is 2.33. The van der Waals surface area contributed by atoms with Gasteiger partial charge in [0, 0.05) is 35.8 Å². The molecular weight excluding hydrogens is 573 g/mol. The van der Waals surface area contributed by atoms with Crippen LogP contribution in [0.25, 0.3) is 33.4 Å². The van der Waals surface area contributed by atoms with Crippen molar-refractivity contribution >= 4 is 24.9 Å². The van der Waals surface area contributed by atoms with E-state index in [2.05, 4.69) is 70.2 Å². The second-order valence-electron chi connectivity index (χ2n) is 12.3. The Kier molecular flexibility index (Phi) is 8.50. The molecule has 4 N–H and O–H groups in total. The third-order valence-electron chi connectivity index (χ3n) is 8.06. The highest BCUT2D eigenvalue weighted by molar-refractivity contribution is 6.87. The molecule has 5 rings (SSSR count). The van der Waals surface area contributed by atoms with Crippen molar-refractivity contribution in [2.45, 2.75) is 58.7 Å². The standard InChI is InChI=1S/C33H36FN7O2Si/c1-20-11-13-36-32(40-20)43-26-10-9-22(17-25(26)34)27-28-30(35)38-19-39-31(28)41-29(27)24-18-37-23(16-21(24)8-7-14-42)12-15-44(5,6)33(2,3)4/h9-11,13,16-19,42H,7-8,14H2,1-6H3,(H3,35,38,39,41). The molecule has 0 radical (unpaired) electrons. The second kappa shape index (κ2) is 12.1. The topological polar surface area (TPSA) is 136 Å². The van der Waals surface area contributed by atoms with Gasteiger partial charge in [-0.2, -0.15) is 0 Å². The van der Waals surface area contributed by atoms with Crippen molar-refractivity contribution in [3.8, 4) is 45.6 Å². The molecule has 0 fully saturated rings. The number of aliphatic hydroxyl groups excluding tert-OH is 1. The molecule has 11 heteroatoms. The van der Waals surface area contributed by atoms with Gasteiger partial charge in [0.25, 0.3) is 0 Å². The van der Waals surface area contributed by atoms with Crippen molar-refractivity contribution in [2.75, 3.05) is 12.3 Å². The molecule has 0 amide bonds. The van der Waals surface area contributed by atoms with E-state index in [1.807, 2.05) is 6.07 Å². The summed E-state index contributed by atoms with van der Waals surface area (Å²) in [6.07, 6.45) is 5.83. The molecule has 0 bridgehead atoms. The number of aromatic nitrogens is 6. The number of nitrogens with one attached hydrogen (secondary N) is 1. The number of benzene rings is 1. The van der Waals surface area contributed by atoms with Gasteiger partial charge in [-0.15, -0.1) is 5.54 Å². The average molecular weight is 610 g/mol. The Morgan fingerprint density at radius 1 is 1.09 bits per heavy atom. The summed E-state index contributed by atoms with van der Waals surface area (Å²) in [7, 11) is -1.86. The number of rotatable bonds is 7. The largest absolute Gasteiger partial charge is 0.421 e. The van der Waals surface area contributed by atoms with Crippen LogP contribution in [0.15, 0.2) is 49.1 Å². The number of aromatic amines is 1. The Morgan fingerprint density at radius 3 is 2.59 bits per heavy atom. The molecule has 4 heterocycles. The summed E-state index contributed by atoms with van der Waals surface area (Å²) in [5.74, 6) is 2.96. The summed E-state index contributed by atoms with van der Waals surface area (Å²) in [5, 5.41) is 10.4. The summed E-state index contributed by atoms with van der Waals surface area (Å²) >= 11 is 0. The number of hydrogen-bond donors (Lipinski definition) is 3. The third kappa shape index (κ3) is 6.32. The van der Waals surface area contributed by atoms with Gasteiger partial charge in [0.15, 0.2) is 11.6 Å². The van der Waals surface area contributed by atoms with Crippen LogP contribution in [0.1, 0.15) is 44.1 Å². The number of nitrogen functional groups attached to an aromatic ring is 1. The lowest BCUT2D eigenvalue weighted by atomic mass is 9.95. The fourth-order valence-corrected chi connectivity index (χ4v) is 5.34. The molecule has 0 spiro atoms. The fraction of sp³-hybridized carbons (Fsp3) is 0.303. The summed E-state index contributed by atoms with van der Waals surface area (Å²) < 4.78 is 21.2. The van der Waals surface area contributed by atoms with Gasteiger partial charge in [-0.3, -0.25) is 0 Å². The minimum atomic E-state index is -1.86. The van der Waals surface area contributed by atoms with Crippen molar-refractivity contribution in [2.24, 2.45) is 0 Å². The van der Waals surface area contributed by atoms with Crippen LogP contribution in [-0.2, 0) is 6.42 Å². The maximum Gasteiger partial charge on any atom is 0.322 e. The first-order valence-electron chi connectivity index (χ1n) is 14.4. The first-order valence-corrected chi connectivity index (χ1v) is 17.4. The molecule has 0 atom stereocenters. The molecule has 5 aromatic rings. The molecule has 0 saturated carbocycles. The van der Waals surface area contributed by atoms with Crippen molar-refractivity contribution in [1.82, 2.24) is 29.9 Å². The number of fused-ring (bicyclic) bond motifs is 1. The highest BCUT2D eigenvalue weighted by Crippen LogP contribution is 2.42. The van der Waals surface area contributed by atoms with Gasteiger partial charge < -0.3 is 20.6 Å². The van der Waals surface area contributed by atoms with E-state index >= 15 is 4.39 Å². The number of halogens is 1. The van der Waals surface area contributed by atoms with Crippen molar-refractivity contribution in [3.05, 3.63) is 71.8 Å². The Balaban J connectivity index is 1.64. The van der Waals surface area contributed by atoms with Gasteiger partial charge in [0.05, 0.1) is 11.1 Å². The number of nitrogens with zero attached hydrogens (tertiary/aromatic N) is 5. The zero-order valence-corrected chi connectivity index (χ0v) is 26.8. The molecule has 0 saturated heterocycles. The molecule has 0 unspecified atom stereocenters. The zero-order chi connectivity index (χ0) is 31.6. The minimum Gasteiger partial charge on any atom is -0.421 e. The van der Waals surface area contributed by atoms with Crippen molar-refractivity contribution in [3.63, 3.8) is 0 Å². The van der Waals surface area contributed by atoms with E-state index in [0.29, 0.717) is 52.1 Å². The van der Waals surface area contributed by atoms with Crippen LogP contribution in [0, 0.1) is 24.2 Å². The summed E-state index contributed by atoms with van der Waals surface area (Å²) in [5.41, 5.74) is 15.3. The second-order valence-corrected chi connectivity index (χ2v) is 17.3. The predicted molar refractivity (Wildman–Crippen MR) is 173 cm³/mol. The summed E-state index contributed by atoms with van der Waals surface area (Å²) in [6.45, 7) is 13.0. The Bertz CT molecular complexity index is 1900. The van der Waals surface area contributed by atoms with E-state index in [4.69, 9.17) is 15.5 Å². The number of pyridine rings is 1. The number of aryl methyl sites for hydroxylation is 2. The highest BCUT2D eigenvalue weighted by atomic mass is 28.3. The average Bonchev–Trinajstić information content (AvgIpc) is 3.36. The molecule has 0 aliphatic rings. The fourth-order valence-electron chi connectivity index (χ4n) is 4.52. The van der Waals surface area contributed by atoms with Gasteiger partial charge in [-0.25, -0.2) is 29.3 Å². The van der Waals surface area contributed by atoms with E-state index in [1.165, 1.54) is 18.5 Å². The number of H-pyrrole nitrogens is 1. The number of hydrogen-bond acceptors (Lipinski definition) is 8. The Morgan fingerprint density at radius 2 is 1.89 bits per heavy atom. The number of ether oxygens (including phenoxy) is 1. The van der Waals surface area contributed by atoms with Gasteiger partial charge in [0.1, 0.15) is 31.6 Å². The molecule has 0 aliphatic carbocycles. The van der Waals surface area contributed by atoms with Crippen LogP contribution < -0.4 is 10.5 Å². The minimum absolute atomic E-state index is 0.0140. The molecular formula is C33H36FN7O2Si. The third-order valence-corrected chi connectivity index (χ3v) is 12.6. The summed E-state index contributed by atoms with van der Waals surface area (Å²) in [4.78, 5) is 25.0. The lowest BCUT2D eigenvalue weighted by Crippen LogP contribution is -2.35. The van der Waals surface area contributed by atoms with Gasteiger partial charge in [-0.05, 0) is 60.2 Å². The van der Waals surface area contributed by atoms with Crippen LogP contribution in [0.5, 0.6) is 11.8 Å². The smallest absolute Gasteiger partial charge is 0.322 e. The molecule has 0 aliphatic heterocycles.